The first kappa shape index (κ1) is 17.3. The van der Waals surface area contributed by atoms with Gasteiger partial charge >= 0.3 is 0 Å². The molecular formula is C13H18O8S. The highest BCUT2D eigenvalue weighted by Gasteiger charge is 2.46. The van der Waals surface area contributed by atoms with Crippen molar-refractivity contribution in [2.24, 2.45) is 0 Å². The lowest BCUT2D eigenvalue weighted by Gasteiger charge is -2.39. The van der Waals surface area contributed by atoms with Gasteiger partial charge in [-0.25, -0.2) is 0 Å². The molecule has 1 fully saturated rings. The van der Waals surface area contributed by atoms with Gasteiger partial charge in [-0.1, -0.05) is 17.7 Å². The predicted molar refractivity (Wildman–Crippen MR) is 73.2 cm³/mol. The van der Waals surface area contributed by atoms with E-state index in [4.69, 9.17) is 14.0 Å². The van der Waals surface area contributed by atoms with Gasteiger partial charge in [-0.15, -0.1) is 0 Å². The molecule has 2 rings (SSSR count). The summed E-state index contributed by atoms with van der Waals surface area (Å²) < 4.78 is 33.9. The summed E-state index contributed by atoms with van der Waals surface area (Å²) in [4.78, 5) is -0.156. The Morgan fingerprint density at radius 1 is 1.14 bits per heavy atom. The molecule has 124 valence electrons. The SMILES string of the molecule is Cc1ccc(S(=O)(=O)O[C@@H]2[C@@H](O)[C@@H](O)[C@H](CO)O[C@@H]2O)cc1. The fraction of sp³-hybridized carbons (Fsp3) is 0.538. The average molecular weight is 334 g/mol. The predicted octanol–water partition coefficient (Wildman–Crippen LogP) is -1.50. The van der Waals surface area contributed by atoms with E-state index in [0.717, 1.165) is 5.56 Å². The van der Waals surface area contributed by atoms with Gasteiger partial charge in [0.2, 0.25) is 0 Å². The van der Waals surface area contributed by atoms with Crippen LogP contribution in [0.5, 0.6) is 0 Å². The van der Waals surface area contributed by atoms with Crippen LogP contribution in [0.4, 0.5) is 0 Å². The van der Waals surface area contributed by atoms with Crippen LogP contribution >= 0.6 is 0 Å². The molecule has 9 heteroatoms. The quantitative estimate of drug-likeness (QED) is 0.489. The van der Waals surface area contributed by atoms with Gasteiger partial charge < -0.3 is 25.2 Å². The van der Waals surface area contributed by atoms with Gasteiger partial charge in [-0.05, 0) is 19.1 Å². The van der Waals surface area contributed by atoms with E-state index in [1.807, 2.05) is 0 Å². The molecule has 0 aromatic heterocycles. The first-order valence-corrected chi connectivity index (χ1v) is 7.97. The Hall–Kier alpha value is -1.07. The third kappa shape index (κ3) is 3.46. The first-order chi connectivity index (χ1) is 10.3. The van der Waals surface area contributed by atoms with Crippen LogP contribution in [-0.4, -0.2) is 66.2 Å². The lowest BCUT2D eigenvalue weighted by Crippen LogP contribution is -2.59. The van der Waals surface area contributed by atoms with Gasteiger partial charge in [0.1, 0.15) is 18.3 Å². The highest BCUT2D eigenvalue weighted by atomic mass is 32.2. The minimum absolute atomic E-state index is 0.156. The number of hydrogen-bond acceptors (Lipinski definition) is 8. The second-order valence-electron chi connectivity index (χ2n) is 5.06. The van der Waals surface area contributed by atoms with Crippen LogP contribution in [0.25, 0.3) is 0 Å². The number of aliphatic hydroxyl groups is 4. The molecule has 5 atom stereocenters. The van der Waals surface area contributed by atoms with Crippen molar-refractivity contribution in [3.8, 4) is 0 Å². The molecule has 0 bridgehead atoms. The number of aliphatic hydroxyl groups excluding tert-OH is 4. The van der Waals surface area contributed by atoms with Crippen molar-refractivity contribution in [3.63, 3.8) is 0 Å². The van der Waals surface area contributed by atoms with Gasteiger partial charge in [0, 0.05) is 0 Å². The van der Waals surface area contributed by atoms with Gasteiger partial charge in [0.05, 0.1) is 11.5 Å². The molecule has 0 aliphatic carbocycles. The van der Waals surface area contributed by atoms with E-state index >= 15 is 0 Å². The Labute approximate surface area is 127 Å². The van der Waals surface area contributed by atoms with E-state index in [9.17, 15) is 23.7 Å². The van der Waals surface area contributed by atoms with Crippen LogP contribution in [-0.2, 0) is 19.0 Å². The van der Waals surface area contributed by atoms with Crippen molar-refractivity contribution in [1.29, 1.82) is 0 Å². The van der Waals surface area contributed by atoms with E-state index in [1.165, 1.54) is 12.1 Å². The second kappa shape index (κ2) is 6.59. The lowest BCUT2D eigenvalue weighted by molar-refractivity contribution is -0.279. The topological polar surface area (TPSA) is 134 Å². The minimum Gasteiger partial charge on any atom is -0.394 e. The van der Waals surface area contributed by atoms with Crippen molar-refractivity contribution >= 4 is 10.1 Å². The molecule has 8 nitrogen and oxygen atoms in total. The summed E-state index contributed by atoms with van der Waals surface area (Å²) in [5.41, 5.74) is 0.848. The summed E-state index contributed by atoms with van der Waals surface area (Å²) >= 11 is 0. The number of aryl methyl sites for hydroxylation is 1. The average Bonchev–Trinajstić information content (AvgIpc) is 2.48. The molecule has 0 unspecified atom stereocenters. The molecule has 0 radical (unpaired) electrons. The van der Waals surface area contributed by atoms with Gasteiger partial charge in [0.15, 0.2) is 12.4 Å². The number of benzene rings is 1. The molecule has 0 saturated carbocycles. The smallest absolute Gasteiger partial charge is 0.297 e. The van der Waals surface area contributed by atoms with Crippen molar-refractivity contribution in [1.82, 2.24) is 0 Å². The Bertz CT molecular complexity index is 599. The summed E-state index contributed by atoms with van der Waals surface area (Å²) in [6.07, 6.45) is -8.07. The van der Waals surface area contributed by atoms with Gasteiger partial charge in [-0.2, -0.15) is 8.42 Å². The number of ether oxygens (including phenoxy) is 1. The molecule has 1 aliphatic rings. The molecule has 22 heavy (non-hydrogen) atoms. The Kier molecular flexibility index (Phi) is 5.17. The van der Waals surface area contributed by atoms with E-state index < -0.39 is 47.4 Å². The van der Waals surface area contributed by atoms with Crippen molar-refractivity contribution in [2.45, 2.75) is 42.5 Å². The Morgan fingerprint density at radius 2 is 1.73 bits per heavy atom. The highest BCUT2D eigenvalue weighted by Crippen LogP contribution is 2.25. The normalized spacial score (nSPS) is 32.9. The van der Waals surface area contributed by atoms with E-state index in [2.05, 4.69) is 0 Å². The second-order valence-corrected chi connectivity index (χ2v) is 6.63. The third-order valence-corrected chi connectivity index (χ3v) is 4.72. The highest BCUT2D eigenvalue weighted by molar-refractivity contribution is 7.86. The van der Waals surface area contributed by atoms with Gasteiger partial charge in [-0.3, -0.25) is 4.18 Å². The van der Waals surface area contributed by atoms with Crippen LogP contribution in [0.2, 0.25) is 0 Å². The standard InChI is InChI=1S/C13H18O8S/c1-7-2-4-8(5-3-7)22(18,19)21-12-11(16)10(15)9(6-14)20-13(12)17/h2-5,9-17H,6H2,1H3/t9-,10-,11-,12+,13-/m0/s1. The maximum atomic E-state index is 12.1. The van der Waals surface area contributed by atoms with Crippen LogP contribution in [0.1, 0.15) is 5.56 Å². The van der Waals surface area contributed by atoms with Crippen molar-refractivity contribution in [2.75, 3.05) is 6.61 Å². The minimum atomic E-state index is -4.26. The molecule has 4 N–H and O–H groups in total. The number of hydrogen-bond donors (Lipinski definition) is 4. The maximum Gasteiger partial charge on any atom is 0.297 e. The van der Waals surface area contributed by atoms with E-state index in [1.54, 1.807) is 19.1 Å². The zero-order chi connectivity index (χ0) is 16.5. The zero-order valence-corrected chi connectivity index (χ0v) is 12.5. The first-order valence-electron chi connectivity index (χ1n) is 6.57. The van der Waals surface area contributed by atoms with E-state index in [0.29, 0.717) is 0 Å². The van der Waals surface area contributed by atoms with E-state index in [-0.39, 0.29) is 4.90 Å². The van der Waals surface area contributed by atoms with Crippen LogP contribution in [0.3, 0.4) is 0 Å². The largest absolute Gasteiger partial charge is 0.394 e. The third-order valence-electron chi connectivity index (χ3n) is 3.39. The molecule has 1 aromatic rings. The Balaban J connectivity index is 2.20. The maximum absolute atomic E-state index is 12.1. The molecule has 1 saturated heterocycles. The van der Waals surface area contributed by atoms with Crippen LogP contribution in [0.15, 0.2) is 29.2 Å². The zero-order valence-electron chi connectivity index (χ0n) is 11.7. The summed E-state index contributed by atoms with van der Waals surface area (Å²) in [5, 5.41) is 38.3. The summed E-state index contributed by atoms with van der Waals surface area (Å²) in [5.74, 6) is 0. The van der Waals surface area contributed by atoms with Crippen LogP contribution < -0.4 is 0 Å². The molecule has 1 heterocycles. The fourth-order valence-corrected chi connectivity index (χ4v) is 3.16. The van der Waals surface area contributed by atoms with Crippen molar-refractivity contribution in [3.05, 3.63) is 29.8 Å². The van der Waals surface area contributed by atoms with Crippen molar-refractivity contribution < 1.29 is 37.8 Å². The molecular weight excluding hydrogens is 316 g/mol. The Morgan fingerprint density at radius 3 is 2.27 bits per heavy atom. The lowest BCUT2D eigenvalue weighted by atomic mass is 9.99. The monoisotopic (exact) mass is 334 g/mol. The number of rotatable bonds is 4. The van der Waals surface area contributed by atoms with Crippen LogP contribution in [0, 0.1) is 6.92 Å². The molecule has 1 aliphatic heterocycles. The summed E-state index contributed by atoms with van der Waals surface area (Å²) in [6.45, 7) is 1.14. The summed E-state index contributed by atoms with van der Waals surface area (Å²) in [7, 11) is -4.26. The molecule has 0 spiro atoms. The van der Waals surface area contributed by atoms with Gasteiger partial charge in [0.25, 0.3) is 10.1 Å². The summed E-state index contributed by atoms with van der Waals surface area (Å²) in [6, 6.07) is 5.77. The molecule has 0 amide bonds. The fourth-order valence-electron chi connectivity index (χ4n) is 2.08. The molecule has 1 aromatic carbocycles.